The Labute approximate surface area is 184 Å². The number of nitrogens with one attached hydrogen (secondary N) is 1. The fourth-order valence-electron chi connectivity index (χ4n) is 3.88. The molecule has 0 saturated carbocycles. The van der Waals surface area contributed by atoms with Crippen molar-refractivity contribution in [2.75, 3.05) is 29.9 Å². The van der Waals surface area contributed by atoms with Crippen LogP contribution in [0.1, 0.15) is 32.8 Å². The van der Waals surface area contributed by atoms with Gasteiger partial charge in [0.25, 0.3) is 0 Å². The van der Waals surface area contributed by atoms with Gasteiger partial charge in [-0.05, 0) is 36.2 Å². The number of nitrogens with zero attached hydrogens (tertiary/aromatic N) is 2. The standard InChI is InChI=1S/C23H29N3O4S/c1-4-17-10-7-8-13-21(17)26-16-18(14-22(26)27)23(28)24-19-11-9-12-20(15-19)31(29,30)25(5-2)6-3/h7-13,15,18H,4-6,14,16H2,1-3H3,(H,24,28). The molecular formula is C23H29N3O4S. The molecule has 166 valence electrons. The molecule has 1 atom stereocenters. The van der Waals surface area contributed by atoms with E-state index in [1.807, 2.05) is 31.2 Å². The summed E-state index contributed by atoms with van der Waals surface area (Å²) in [5.41, 5.74) is 2.31. The van der Waals surface area contributed by atoms with Gasteiger partial charge >= 0.3 is 0 Å². The molecule has 0 aliphatic carbocycles. The van der Waals surface area contributed by atoms with Gasteiger partial charge in [0.2, 0.25) is 21.8 Å². The first kappa shape index (κ1) is 23.0. The molecule has 1 aliphatic heterocycles. The van der Waals surface area contributed by atoms with Crippen molar-refractivity contribution in [1.29, 1.82) is 0 Å². The number of rotatable bonds is 8. The van der Waals surface area contributed by atoms with Crippen LogP contribution in [-0.2, 0) is 26.0 Å². The van der Waals surface area contributed by atoms with E-state index in [1.165, 1.54) is 16.4 Å². The molecule has 7 nitrogen and oxygen atoms in total. The number of sulfonamides is 1. The number of carbonyl (C=O) groups excluding carboxylic acids is 2. The minimum Gasteiger partial charge on any atom is -0.326 e. The van der Waals surface area contributed by atoms with Crippen LogP contribution in [0.25, 0.3) is 0 Å². The molecule has 0 spiro atoms. The highest BCUT2D eigenvalue weighted by Gasteiger charge is 2.36. The number of hydrogen-bond donors (Lipinski definition) is 1. The predicted molar refractivity (Wildman–Crippen MR) is 121 cm³/mol. The van der Waals surface area contributed by atoms with Crippen molar-refractivity contribution < 1.29 is 18.0 Å². The van der Waals surface area contributed by atoms with Gasteiger partial charge in [0.05, 0.1) is 10.8 Å². The summed E-state index contributed by atoms with van der Waals surface area (Å²) in [5.74, 6) is -0.874. The third-order valence-corrected chi connectivity index (χ3v) is 7.65. The van der Waals surface area contributed by atoms with E-state index in [4.69, 9.17) is 0 Å². The maximum absolute atomic E-state index is 12.8. The van der Waals surface area contributed by atoms with Gasteiger partial charge in [0.1, 0.15) is 0 Å². The molecule has 0 aromatic heterocycles. The molecule has 1 unspecified atom stereocenters. The average Bonchev–Trinajstić information content (AvgIpc) is 3.16. The van der Waals surface area contributed by atoms with Crippen molar-refractivity contribution in [3.8, 4) is 0 Å². The molecule has 0 radical (unpaired) electrons. The van der Waals surface area contributed by atoms with Crippen molar-refractivity contribution in [1.82, 2.24) is 4.31 Å². The van der Waals surface area contributed by atoms with E-state index in [0.29, 0.717) is 25.3 Å². The number of aryl methyl sites for hydroxylation is 1. The van der Waals surface area contributed by atoms with Gasteiger partial charge in [-0.25, -0.2) is 8.42 Å². The quantitative estimate of drug-likeness (QED) is 0.678. The zero-order chi connectivity index (χ0) is 22.6. The Bertz CT molecular complexity index is 1060. The summed E-state index contributed by atoms with van der Waals surface area (Å²) in [6.45, 7) is 6.64. The lowest BCUT2D eigenvalue weighted by molar-refractivity contribution is -0.122. The normalized spacial score (nSPS) is 16.7. The monoisotopic (exact) mass is 443 g/mol. The molecule has 1 heterocycles. The molecule has 1 N–H and O–H groups in total. The van der Waals surface area contributed by atoms with Gasteiger partial charge < -0.3 is 10.2 Å². The molecule has 2 aromatic carbocycles. The maximum Gasteiger partial charge on any atom is 0.243 e. The zero-order valence-electron chi connectivity index (χ0n) is 18.2. The fourth-order valence-corrected chi connectivity index (χ4v) is 5.38. The number of para-hydroxylation sites is 1. The summed E-state index contributed by atoms with van der Waals surface area (Å²) in [7, 11) is -3.62. The maximum atomic E-state index is 12.8. The van der Waals surface area contributed by atoms with Crippen LogP contribution in [0, 0.1) is 5.92 Å². The second kappa shape index (κ2) is 9.62. The van der Waals surface area contributed by atoms with Gasteiger partial charge in [0, 0.05) is 37.4 Å². The van der Waals surface area contributed by atoms with Crippen LogP contribution in [0.4, 0.5) is 11.4 Å². The first-order valence-electron chi connectivity index (χ1n) is 10.6. The second-order valence-corrected chi connectivity index (χ2v) is 9.43. The van der Waals surface area contributed by atoms with E-state index in [2.05, 4.69) is 5.32 Å². The fraction of sp³-hybridized carbons (Fsp3) is 0.391. The highest BCUT2D eigenvalue weighted by molar-refractivity contribution is 7.89. The molecule has 1 saturated heterocycles. The molecule has 8 heteroatoms. The van der Waals surface area contributed by atoms with Crippen LogP contribution < -0.4 is 10.2 Å². The van der Waals surface area contributed by atoms with Gasteiger partial charge in [0.15, 0.2) is 0 Å². The van der Waals surface area contributed by atoms with Crippen molar-refractivity contribution >= 4 is 33.2 Å². The van der Waals surface area contributed by atoms with Crippen molar-refractivity contribution in [3.05, 3.63) is 54.1 Å². The van der Waals surface area contributed by atoms with Gasteiger partial charge in [-0.1, -0.05) is 45.0 Å². The summed E-state index contributed by atoms with van der Waals surface area (Å²) >= 11 is 0. The summed E-state index contributed by atoms with van der Waals surface area (Å²) in [5, 5.41) is 2.79. The molecule has 0 bridgehead atoms. The molecule has 2 amide bonds. The number of amides is 2. The summed E-state index contributed by atoms with van der Waals surface area (Å²) < 4.78 is 26.9. The Morgan fingerprint density at radius 1 is 1.10 bits per heavy atom. The topological polar surface area (TPSA) is 86.8 Å². The minimum absolute atomic E-state index is 0.0843. The average molecular weight is 444 g/mol. The Kier molecular flexibility index (Phi) is 7.12. The van der Waals surface area contributed by atoms with Crippen molar-refractivity contribution in [2.24, 2.45) is 5.92 Å². The Balaban J connectivity index is 1.75. The summed E-state index contributed by atoms with van der Waals surface area (Å²) in [4.78, 5) is 27.3. The molecule has 1 aliphatic rings. The van der Waals surface area contributed by atoms with Gasteiger partial charge in [-0.15, -0.1) is 0 Å². The van der Waals surface area contributed by atoms with Crippen LogP contribution in [-0.4, -0.2) is 44.2 Å². The SMILES string of the molecule is CCc1ccccc1N1CC(C(=O)Nc2cccc(S(=O)(=O)N(CC)CC)c2)CC1=O. The van der Waals surface area contributed by atoms with E-state index < -0.39 is 15.9 Å². The van der Waals surface area contributed by atoms with E-state index in [1.54, 1.807) is 30.9 Å². The van der Waals surface area contributed by atoms with Crippen molar-refractivity contribution in [2.45, 2.75) is 38.5 Å². The number of carbonyl (C=O) groups is 2. The molecular weight excluding hydrogens is 414 g/mol. The molecule has 31 heavy (non-hydrogen) atoms. The Morgan fingerprint density at radius 2 is 1.81 bits per heavy atom. The lowest BCUT2D eigenvalue weighted by Crippen LogP contribution is -2.31. The third kappa shape index (κ3) is 4.80. The van der Waals surface area contributed by atoms with E-state index in [9.17, 15) is 18.0 Å². The Morgan fingerprint density at radius 3 is 2.48 bits per heavy atom. The summed E-state index contributed by atoms with van der Waals surface area (Å²) in [6, 6.07) is 14.0. The van der Waals surface area contributed by atoms with Crippen LogP contribution in [0.15, 0.2) is 53.4 Å². The Hall–Kier alpha value is -2.71. The smallest absolute Gasteiger partial charge is 0.243 e. The third-order valence-electron chi connectivity index (χ3n) is 5.60. The lowest BCUT2D eigenvalue weighted by atomic mass is 10.1. The van der Waals surface area contributed by atoms with Crippen LogP contribution >= 0.6 is 0 Å². The van der Waals surface area contributed by atoms with E-state index >= 15 is 0 Å². The molecule has 1 fully saturated rings. The summed E-state index contributed by atoms with van der Waals surface area (Å²) in [6.07, 6.45) is 0.923. The molecule has 3 rings (SSSR count). The van der Waals surface area contributed by atoms with Crippen LogP contribution in [0.2, 0.25) is 0 Å². The number of hydrogen-bond acceptors (Lipinski definition) is 4. The predicted octanol–water partition coefficient (Wildman–Crippen LogP) is 3.27. The van der Waals surface area contributed by atoms with Crippen LogP contribution in [0.3, 0.4) is 0 Å². The van der Waals surface area contributed by atoms with Crippen LogP contribution in [0.5, 0.6) is 0 Å². The number of benzene rings is 2. The lowest BCUT2D eigenvalue weighted by Gasteiger charge is -2.20. The van der Waals surface area contributed by atoms with Gasteiger partial charge in [-0.3, -0.25) is 9.59 Å². The molecule has 2 aromatic rings. The minimum atomic E-state index is -3.62. The first-order chi connectivity index (χ1) is 14.8. The second-order valence-electron chi connectivity index (χ2n) is 7.49. The van der Waals surface area contributed by atoms with Crippen molar-refractivity contribution in [3.63, 3.8) is 0 Å². The largest absolute Gasteiger partial charge is 0.326 e. The highest BCUT2D eigenvalue weighted by atomic mass is 32.2. The van der Waals surface area contributed by atoms with E-state index in [0.717, 1.165) is 17.7 Å². The van der Waals surface area contributed by atoms with Gasteiger partial charge in [-0.2, -0.15) is 4.31 Å². The zero-order valence-corrected chi connectivity index (χ0v) is 19.0. The van der Waals surface area contributed by atoms with E-state index in [-0.39, 0.29) is 23.1 Å². The first-order valence-corrected chi connectivity index (χ1v) is 12.0. The highest BCUT2D eigenvalue weighted by Crippen LogP contribution is 2.29. The number of anilines is 2.